The molecular formula is C21H26O3. The zero-order chi connectivity index (χ0) is 17.6. The van der Waals surface area contributed by atoms with Crippen LogP contribution in [-0.2, 0) is 11.3 Å². The molecule has 0 radical (unpaired) electrons. The van der Waals surface area contributed by atoms with E-state index in [1.807, 2.05) is 54.6 Å². The van der Waals surface area contributed by atoms with Crippen molar-refractivity contribution in [1.82, 2.24) is 0 Å². The van der Waals surface area contributed by atoms with Crippen LogP contribution in [0.3, 0.4) is 0 Å². The number of methoxy groups -OCH3 is 1. The molecule has 0 unspecified atom stereocenters. The predicted molar refractivity (Wildman–Crippen MR) is 97.7 cm³/mol. The molecule has 0 fully saturated rings. The first-order valence-electron chi connectivity index (χ1n) is 8.11. The molecule has 0 aliphatic rings. The Morgan fingerprint density at radius 2 is 1.71 bits per heavy atom. The third-order valence-corrected chi connectivity index (χ3v) is 3.89. The van der Waals surface area contributed by atoms with E-state index in [0.717, 1.165) is 22.4 Å². The van der Waals surface area contributed by atoms with Crippen molar-refractivity contribution in [3.05, 3.63) is 71.3 Å². The number of hydrogen-bond acceptors (Lipinski definition) is 3. The smallest absolute Gasteiger partial charge is 0.128 e. The zero-order valence-corrected chi connectivity index (χ0v) is 14.9. The molecule has 2 aromatic rings. The van der Waals surface area contributed by atoms with Gasteiger partial charge in [-0.1, -0.05) is 63.2 Å². The molecular weight excluding hydrogens is 300 g/mol. The van der Waals surface area contributed by atoms with Gasteiger partial charge in [0.25, 0.3) is 0 Å². The topological polar surface area (TPSA) is 38.7 Å². The highest BCUT2D eigenvalue weighted by Gasteiger charge is 2.22. The first-order chi connectivity index (χ1) is 11.5. The Labute approximate surface area is 144 Å². The average molecular weight is 326 g/mol. The quantitative estimate of drug-likeness (QED) is 0.785. The lowest BCUT2D eigenvalue weighted by atomic mass is 9.84. The lowest BCUT2D eigenvalue weighted by Gasteiger charge is -2.25. The zero-order valence-electron chi connectivity index (χ0n) is 14.9. The van der Waals surface area contributed by atoms with Crippen molar-refractivity contribution in [3.8, 4) is 5.75 Å². The van der Waals surface area contributed by atoms with Crippen LogP contribution in [-0.4, -0.2) is 18.8 Å². The van der Waals surface area contributed by atoms with Crippen LogP contribution < -0.4 is 4.74 Å². The SMILES string of the molecule is CO/C(=C(\CO)C(C)(C)C)c1cccc(OCc2ccccc2)c1. The molecule has 128 valence electrons. The molecule has 24 heavy (non-hydrogen) atoms. The highest BCUT2D eigenvalue weighted by atomic mass is 16.5. The second kappa shape index (κ2) is 8.02. The van der Waals surface area contributed by atoms with Gasteiger partial charge in [-0.05, 0) is 23.1 Å². The van der Waals surface area contributed by atoms with Crippen molar-refractivity contribution in [2.75, 3.05) is 13.7 Å². The monoisotopic (exact) mass is 326 g/mol. The molecule has 0 amide bonds. The highest BCUT2D eigenvalue weighted by molar-refractivity contribution is 5.65. The molecule has 0 spiro atoms. The summed E-state index contributed by atoms with van der Waals surface area (Å²) >= 11 is 0. The largest absolute Gasteiger partial charge is 0.496 e. The van der Waals surface area contributed by atoms with E-state index < -0.39 is 0 Å². The molecule has 2 rings (SSSR count). The van der Waals surface area contributed by atoms with Gasteiger partial charge in [0.1, 0.15) is 18.1 Å². The van der Waals surface area contributed by atoms with E-state index in [0.29, 0.717) is 12.4 Å². The van der Waals surface area contributed by atoms with Crippen molar-refractivity contribution in [2.24, 2.45) is 5.41 Å². The third kappa shape index (κ3) is 4.62. The van der Waals surface area contributed by atoms with Crippen LogP contribution in [0.1, 0.15) is 31.9 Å². The molecule has 0 saturated carbocycles. The normalized spacial score (nSPS) is 12.5. The third-order valence-electron chi connectivity index (χ3n) is 3.89. The second-order valence-corrected chi connectivity index (χ2v) is 6.72. The predicted octanol–water partition coefficient (Wildman–Crippen LogP) is 4.66. The lowest BCUT2D eigenvalue weighted by Crippen LogP contribution is -2.16. The Kier molecular flexibility index (Phi) is 6.04. The van der Waals surface area contributed by atoms with Gasteiger partial charge in [-0.3, -0.25) is 0 Å². The Morgan fingerprint density at radius 3 is 2.29 bits per heavy atom. The van der Waals surface area contributed by atoms with E-state index in [2.05, 4.69) is 20.8 Å². The maximum atomic E-state index is 9.78. The van der Waals surface area contributed by atoms with Crippen molar-refractivity contribution in [3.63, 3.8) is 0 Å². The van der Waals surface area contributed by atoms with Gasteiger partial charge in [0.05, 0.1) is 13.7 Å². The number of ether oxygens (including phenoxy) is 2. The number of aliphatic hydroxyl groups excluding tert-OH is 1. The van der Waals surface area contributed by atoms with E-state index in [4.69, 9.17) is 9.47 Å². The maximum absolute atomic E-state index is 9.78. The van der Waals surface area contributed by atoms with Crippen molar-refractivity contribution in [2.45, 2.75) is 27.4 Å². The first kappa shape index (κ1) is 18.1. The number of hydrogen-bond donors (Lipinski definition) is 1. The van der Waals surface area contributed by atoms with Crippen LogP contribution >= 0.6 is 0 Å². The minimum absolute atomic E-state index is 0.0399. The second-order valence-electron chi connectivity index (χ2n) is 6.72. The molecule has 2 aromatic carbocycles. The summed E-state index contributed by atoms with van der Waals surface area (Å²) in [7, 11) is 1.63. The Bertz CT molecular complexity index is 682. The van der Waals surface area contributed by atoms with Gasteiger partial charge in [-0.2, -0.15) is 0 Å². The van der Waals surface area contributed by atoms with Gasteiger partial charge in [0, 0.05) is 11.1 Å². The fourth-order valence-electron chi connectivity index (χ4n) is 2.53. The summed E-state index contributed by atoms with van der Waals surface area (Å²) in [5.74, 6) is 1.48. The van der Waals surface area contributed by atoms with E-state index in [1.165, 1.54) is 0 Å². The summed E-state index contributed by atoms with van der Waals surface area (Å²) in [4.78, 5) is 0. The number of benzene rings is 2. The van der Waals surface area contributed by atoms with Crippen molar-refractivity contribution < 1.29 is 14.6 Å². The van der Waals surface area contributed by atoms with Gasteiger partial charge >= 0.3 is 0 Å². The van der Waals surface area contributed by atoms with Gasteiger partial charge in [-0.15, -0.1) is 0 Å². The van der Waals surface area contributed by atoms with Gasteiger partial charge in [-0.25, -0.2) is 0 Å². The van der Waals surface area contributed by atoms with Crippen molar-refractivity contribution >= 4 is 5.76 Å². The van der Waals surface area contributed by atoms with Crippen LogP contribution in [0.2, 0.25) is 0 Å². The minimum atomic E-state index is -0.180. The van der Waals surface area contributed by atoms with Crippen LogP contribution in [0.4, 0.5) is 0 Å². The molecule has 0 aliphatic carbocycles. The van der Waals surface area contributed by atoms with E-state index in [1.54, 1.807) is 7.11 Å². The average Bonchev–Trinajstić information content (AvgIpc) is 2.57. The molecule has 0 atom stereocenters. The molecule has 0 heterocycles. The van der Waals surface area contributed by atoms with E-state index >= 15 is 0 Å². The summed E-state index contributed by atoms with van der Waals surface area (Å²) < 4.78 is 11.5. The molecule has 0 aromatic heterocycles. The van der Waals surface area contributed by atoms with Crippen LogP contribution in [0.15, 0.2) is 60.2 Å². The van der Waals surface area contributed by atoms with Gasteiger partial charge in [0.15, 0.2) is 0 Å². The molecule has 0 saturated heterocycles. The molecule has 3 heteroatoms. The molecule has 1 N–H and O–H groups in total. The fraction of sp³-hybridized carbons (Fsp3) is 0.333. The molecule has 3 nitrogen and oxygen atoms in total. The lowest BCUT2D eigenvalue weighted by molar-refractivity contribution is 0.280. The van der Waals surface area contributed by atoms with Gasteiger partial charge < -0.3 is 14.6 Å². The fourth-order valence-corrected chi connectivity index (χ4v) is 2.53. The van der Waals surface area contributed by atoms with Crippen LogP contribution in [0.5, 0.6) is 5.75 Å². The van der Waals surface area contributed by atoms with Crippen LogP contribution in [0.25, 0.3) is 5.76 Å². The van der Waals surface area contributed by atoms with Crippen LogP contribution in [0, 0.1) is 5.41 Å². The summed E-state index contributed by atoms with van der Waals surface area (Å²) in [6.45, 7) is 6.66. The summed E-state index contributed by atoms with van der Waals surface area (Å²) in [5.41, 5.74) is 2.71. The van der Waals surface area contributed by atoms with Gasteiger partial charge in [0.2, 0.25) is 0 Å². The molecule has 0 bridgehead atoms. The standard InChI is InChI=1S/C21H26O3/c1-21(2,3)19(14-22)20(23-4)17-11-8-12-18(13-17)24-15-16-9-6-5-7-10-16/h5-13,22H,14-15H2,1-4H3/b20-19+. The highest BCUT2D eigenvalue weighted by Crippen LogP contribution is 2.33. The van der Waals surface area contributed by atoms with E-state index in [-0.39, 0.29) is 12.0 Å². The Morgan fingerprint density at radius 1 is 1.00 bits per heavy atom. The maximum Gasteiger partial charge on any atom is 0.128 e. The first-order valence-corrected chi connectivity index (χ1v) is 8.11. The number of rotatable bonds is 6. The Hall–Kier alpha value is -2.26. The molecule has 0 aliphatic heterocycles. The van der Waals surface area contributed by atoms with Crippen molar-refractivity contribution in [1.29, 1.82) is 0 Å². The summed E-state index contributed by atoms with van der Waals surface area (Å²) in [6, 6.07) is 17.8. The number of aliphatic hydroxyl groups is 1. The minimum Gasteiger partial charge on any atom is -0.496 e. The van der Waals surface area contributed by atoms with E-state index in [9.17, 15) is 5.11 Å². The summed E-state index contributed by atoms with van der Waals surface area (Å²) in [5, 5.41) is 9.78. The summed E-state index contributed by atoms with van der Waals surface area (Å²) in [6.07, 6.45) is 0. The Balaban J connectivity index is 2.26.